The number of carbonyl (C=O) groups is 2. The molecule has 16 rings (SSSR count). The van der Waals surface area contributed by atoms with Crippen molar-refractivity contribution in [3.05, 3.63) is 423 Å². The van der Waals surface area contributed by atoms with Crippen LogP contribution in [0.5, 0.6) is 0 Å². The monoisotopic (exact) mass is 1880 g/mol. The van der Waals surface area contributed by atoms with Gasteiger partial charge in [-0.3, -0.25) is 4.79 Å². The van der Waals surface area contributed by atoms with Crippen LogP contribution in [0, 0.1) is 24.5 Å². The minimum absolute atomic E-state index is 0. The summed E-state index contributed by atoms with van der Waals surface area (Å²) in [6, 6.07) is 88.0. The predicted octanol–water partition coefficient (Wildman–Crippen LogP) is 28.5. The summed E-state index contributed by atoms with van der Waals surface area (Å²) >= 11 is 2.52. The average molecular weight is 1880 g/mol. The number of thiophene rings is 2. The van der Waals surface area contributed by atoms with E-state index in [0.717, 1.165) is 162 Å². The van der Waals surface area contributed by atoms with E-state index >= 15 is 0 Å². The Kier molecular flexibility index (Phi) is 33.4. The van der Waals surface area contributed by atoms with Crippen molar-refractivity contribution in [1.82, 2.24) is 10.6 Å². The second-order valence-corrected chi connectivity index (χ2v) is 34.4. The molecule has 0 aliphatic heterocycles. The van der Waals surface area contributed by atoms with Crippen LogP contribution in [0.15, 0.2) is 309 Å². The molecular formula is C117H105N9O11S2. The van der Waals surface area contributed by atoms with Gasteiger partial charge in [0.2, 0.25) is 11.4 Å². The van der Waals surface area contributed by atoms with Gasteiger partial charge < -0.3 is 53.0 Å². The number of hydrogen-bond donors (Lipinski definition) is 3. The van der Waals surface area contributed by atoms with Crippen LogP contribution in [0.25, 0.3) is 132 Å². The standard InChI is InChI=1S/C59H49N5O6S.C56H48N4O5S.2CH4/c1-6-52(61-4)41-19-20-42-32-44(58(67)69-54(42)35-41)17-9-38-11-22-47(23-12-38)64(49-26-15-40(16-27-49)31-53(62-5)56-30-29-51(71-56)34-46(37-60)57(65)66)48-24-13-39(14-25-48)10-18-45-33-43-21-28-50(63(7-2)8-3)36-55(43)70-59(45)68;1-6-50(57-4)40-19-20-41-32-43(55(62)64-52(41)34-40)17-9-37-11-22-45(23-12-37)60(47-26-15-39(16-27-47)31-51(58-5)54-30-29-49(36-61)66-54)46-24-13-38(14-25-46)10-18-44-33-42-21-28-48(59(7-2)8-3)35-53(42)65-56(44)63;;/h9-36,52,61H,6-8H2,1-4H3,(H,65,66);9-36,50,57H,6-8H2,1-4H3;2*1H4/b17-9+,18-10+,46-34+,53-31-;17-9+,18-10+,51-31-;;. The van der Waals surface area contributed by atoms with Gasteiger partial charge in [0.05, 0.1) is 40.3 Å². The van der Waals surface area contributed by atoms with Crippen LogP contribution < -0.4 is 52.7 Å². The summed E-state index contributed by atoms with van der Waals surface area (Å²) in [6.45, 7) is 31.7. The Labute approximate surface area is 815 Å². The summed E-state index contributed by atoms with van der Waals surface area (Å²) in [7, 11) is 3.84. The van der Waals surface area contributed by atoms with E-state index in [1.54, 1.807) is 60.7 Å². The summed E-state index contributed by atoms with van der Waals surface area (Å²) in [5, 5.41) is 28.5. The van der Waals surface area contributed by atoms with Crippen LogP contribution in [0.1, 0.15) is 172 Å². The second kappa shape index (κ2) is 46.5. The van der Waals surface area contributed by atoms with Crippen LogP contribution in [0.2, 0.25) is 0 Å². The Morgan fingerprint density at radius 3 is 0.928 bits per heavy atom. The van der Waals surface area contributed by atoms with Crippen molar-refractivity contribution in [3.63, 3.8) is 0 Å². The van der Waals surface area contributed by atoms with Crippen LogP contribution in [-0.2, 0) is 4.79 Å². The number of anilines is 8. The number of nitrogens with zero attached hydrogens (tertiary/aromatic N) is 7. The van der Waals surface area contributed by atoms with Crippen molar-refractivity contribution in [2.75, 3.05) is 59.9 Å². The zero-order valence-corrected chi connectivity index (χ0v) is 78.3. The average Bonchev–Trinajstić information content (AvgIpc) is 1.57. The van der Waals surface area contributed by atoms with Crippen LogP contribution in [0.3, 0.4) is 0 Å². The lowest BCUT2D eigenvalue weighted by Crippen LogP contribution is -2.21. The molecule has 3 N–H and O–H groups in total. The first kappa shape index (κ1) is 99.8. The number of carboxylic acids is 1. The predicted molar refractivity (Wildman–Crippen MR) is 577 cm³/mol. The third kappa shape index (κ3) is 23.8. The van der Waals surface area contributed by atoms with Gasteiger partial charge in [-0.05, 0) is 287 Å². The largest absolute Gasteiger partial charge is 0.477 e. The summed E-state index contributed by atoms with van der Waals surface area (Å²) in [4.78, 5) is 93.7. The highest BCUT2D eigenvalue weighted by molar-refractivity contribution is 7.15. The van der Waals surface area contributed by atoms with Gasteiger partial charge in [0.15, 0.2) is 6.29 Å². The Bertz CT molecular complexity index is 7450. The Balaban J connectivity index is 0.000000232. The number of carbonyl (C=O) groups excluding carboxylic acids is 1. The SMILES string of the molecule is C.C.[C-]#[N+]/C(=C\c1ccc(N(c2ccc(/C=C/c3cc4ccc(C(CC)NC)cc4oc3=O)cc2)c2ccc(/C=C/c3cc4ccc(N(CC)CC)cc4oc3=O)cc2)cc1)c1ccc(/C=C(\C#N)C(=O)O)s1.[C-]#[N+]/C(=C\c1ccc(N(c2ccc(/C=C/c3cc4ccc(C(CC)NC)cc4oc3=O)cc2)c2ccc(/C=C/c3cc4ccc(N(CC)CC)cc4oc3=O)cc2)cc1)c1ccc(C=O)s1. The molecule has 0 saturated carbocycles. The highest BCUT2D eigenvalue weighted by atomic mass is 32.1. The van der Waals surface area contributed by atoms with Crippen molar-refractivity contribution in [2.45, 2.75) is 81.3 Å². The fourth-order valence-corrected chi connectivity index (χ4v) is 18.0. The number of benzene rings is 10. The van der Waals surface area contributed by atoms with Gasteiger partial charge in [0, 0.05) is 132 Å². The van der Waals surface area contributed by atoms with E-state index in [4.69, 9.17) is 30.8 Å². The maximum Gasteiger partial charge on any atom is 0.346 e. The molecule has 10 aromatic carbocycles. The molecule has 16 aromatic rings. The van der Waals surface area contributed by atoms with E-state index in [1.807, 2.05) is 269 Å². The van der Waals surface area contributed by atoms with E-state index in [0.29, 0.717) is 70.6 Å². The second-order valence-electron chi connectivity index (χ2n) is 32.2. The minimum Gasteiger partial charge on any atom is -0.477 e. The van der Waals surface area contributed by atoms with Gasteiger partial charge in [-0.2, -0.15) is 5.26 Å². The molecule has 139 heavy (non-hydrogen) atoms. The number of nitriles is 1. The molecule has 696 valence electrons. The molecule has 0 fully saturated rings. The van der Waals surface area contributed by atoms with Crippen LogP contribution in [-0.4, -0.2) is 57.6 Å². The zero-order valence-electron chi connectivity index (χ0n) is 76.7. The van der Waals surface area contributed by atoms with Gasteiger partial charge in [-0.15, -0.1) is 22.7 Å². The Hall–Kier alpha value is -16.7. The highest BCUT2D eigenvalue weighted by Crippen LogP contribution is 2.40. The molecule has 0 bridgehead atoms. The first-order valence-corrected chi connectivity index (χ1v) is 46.6. The fourth-order valence-electron chi connectivity index (χ4n) is 16.3. The summed E-state index contributed by atoms with van der Waals surface area (Å²) in [6.07, 6.45) is 22.2. The molecule has 2 unspecified atom stereocenters. The van der Waals surface area contributed by atoms with E-state index in [1.165, 1.54) is 28.7 Å². The van der Waals surface area contributed by atoms with Crippen molar-refractivity contribution in [1.29, 1.82) is 5.26 Å². The molecule has 2 atom stereocenters. The Morgan fingerprint density at radius 2 is 0.662 bits per heavy atom. The summed E-state index contributed by atoms with van der Waals surface area (Å²) < 4.78 is 23.1. The van der Waals surface area contributed by atoms with Gasteiger partial charge in [-0.1, -0.05) is 162 Å². The first-order valence-electron chi connectivity index (χ1n) is 45.0. The molecule has 0 aliphatic rings. The zero-order chi connectivity index (χ0) is 96.2. The molecule has 6 aromatic heterocycles. The number of aldehydes is 1. The number of fused-ring (bicyclic) bond motifs is 4. The number of hydrogen-bond acceptors (Lipinski definition) is 19. The van der Waals surface area contributed by atoms with Crippen molar-refractivity contribution in [2.24, 2.45) is 0 Å². The highest BCUT2D eigenvalue weighted by Gasteiger charge is 2.21. The van der Waals surface area contributed by atoms with Crippen molar-refractivity contribution < 1.29 is 32.4 Å². The van der Waals surface area contributed by atoms with Crippen molar-refractivity contribution in [3.8, 4) is 6.07 Å². The number of rotatable bonds is 33. The summed E-state index contributed by atoms with van der Waals surface area (Å²) in [5.41, 5.74) is 17.4. The number of carboxylic acid groups (broad SMARTS) is 1. The van der Waals surface area contributed by atoms with Crippen LogP contribution >= 0.6 is 22.7 Å². The van der Waals surface area contributed by atoms with Crippen molar-refractivity contribution >= 4 is 203 Å². The maximum absolute atomic E-state index is 13.1. The van der Waals surface area contributed by atoms with Gasteiger partial charge in [-0.25, -0.2) is 33.7 Å². The topological polar surface area (TPSA) is 245 Å². The lowest BCUT2D eigenvalue weighted by Gasteiger charge is -2.26. The number of nitrogens with one attached hydrogen (secondary N) is 2. The smallest absolute Gasteiger partial charge is 0.346 e. The molecule has 6 heterocycles. The normalized spacial score (nSPS) is 12.1. The maximum atomic E-state index is 13.1. The van der Waals surface area contributed by atoms with Crippen LogP contribution in [0.4, 0.5) is 45.5 Å². The first-order chi connectivity index (χ1) is 66.7. The van der Waals surface area contributed by atoms with Gasteiger partial charge in [0.1, 0.15) is 34.0 Å². The molecule has 20 nitrogen and oxygen atoms in total. The lowest BCUT2D eigenvalue weighted by atomic mass is 10.0. The third-order valence-electron chi connectivity index (χ3n) is 23.7. The molecular weight excluding hydrogens is 1770 g/mol. The molecule has 22 heteroatoms. The van der Waals surface area contributed by atoms with E-state index in [9.17, 15) is 39.1 Å². The molecule has 0 aliphatic carbocycles. The third-order valence-corrected chi connectivity index (χ3v) is 25.8. The quantitative estimate of drug-likeness (QED) is 0.0114. The van der Waals surface area contributed by atoms with Gasteiger partial charge in [0.25, 0.3) is 0 Å². The fraction of sp³-hybridized carbons (Fsp3) is 0.154. The minimum atomic E-state index is -1.31. The van der Waals surface area contributed by atoms with Gasteiger partial charge >= 0.3 is 28.5 Å². The number of aliphatic carboxylic acids is 1. The molecule has 0 amide bonds. The molecule has 0 spiro atoms. The Morgan fingerprint density at radius 1 is 0.381 bits per heavy atom. The molecule has 0 radical (unpaired) electrons. The lowest BCUT2D eigenvalue weighted by molar-refractivity contribution is -0.132. The summed E-state index contributed by atoms with van der Waals surface area (Å²) in [5.74, 6) is -1.31. The van der Waals surface area contributed by atoms with E-state index < -0.39 is 28.5 Å². The molecule has 0 saturated heterocycles. The van der Waals surface area contributed by atoms with E-state index in [-0.39, 0.29) is 32.5 Å². The van der Waals surface area contributed by atoms with E-state index in [2.05, 4.69) is 99.7 Å².